The third-order valence-corrected chi connectivity index (χ3v) is 4.56. The highest BCUT2D eigenvalue weighted by Gasteiger charge is 2.12. The zero-order valence-electron chi connectivity index (χ0n) is 13.3. The van der Waals surface area contributed by atoms with Gasteiger partial charge >= 0.3 is 0 Å². The SMILES string of the molecule is CCCNCc1ccc(-n2nc(C)c(CC)c2C)cc1Br. The molecule has 1 aromatic heterocycles. The molecule has 0 aliphatic rings. The molecular formula is C17H24BrN3. The van der Waals surface area contributed by atoms with E-state index in [4.69, 9.17) is 0 Å². The molecule has 0 radical (unpaired) electrons. The van der Waals surface area contributed by atoms with Gasteiger partial charge in [-0.25, -0.2) is 4.68 Å². The fourth-order valence-electron chi connectivity index (χ4n) is 2.65. The maximum absolute atomic E-state index is 4.68. The molecule has 0 amide bonds. The van der Waals surface area contributed by atoms with Crippen LogP contribution in [-0.4, -0.2) is 16.3 Å². The summed E-state index contributed by atoms with van der Waals surface area (Å²) in [6.45, 7) is 10.5. The first-order chi connectivity index (χ1) is 10.1. The molecule has 114 valence electrons. The topological polar surface area (TPSA) is 29.9 Å². The number of rotatable bonds is 6. The van der Waals surface area contributed by atoms with Gasteiger partial charge in [-0.3, -0.25) is 0 Å². The van der Waals surface area contributed by atoms with Crippen molar-refractivity contribution in [1.29, 1.82) is 0 Å². The summed E-state index contributed by atoms with van der Waals surface area (Å²) in [5.74, 6) is 0. The van der Waals surface area contributed by atoms with Crippen LogP contribution in [0, 0.1) is 13.8 Å². The molecular weight excluding hydrogens is 326 g/mol. The summed E-state index contributed by atoms with van der Waals surface area (Å²) in [5, 5.41) is 8.11. The summed E-state index contributed by atoms with van der Waals surface area (Å²) >= 11 is 3.68. The molecule has 1 heterocycles. The molecule has 0 unspecified atom stereocenters. The lowest BCUT2D eigenvalue weighted by atomic mass is 10.1. The number of nitrogens with zero attached hydrogens (tertiary/aromatic N) is 2. The first-order valence-corrected chi connectivity index (χ1v) is 8.42. The molecule has 0 saturated carbocycles. The molecule has 0 atom stereocenters. The third kappa shape index (κ3) is 3.55. The minimum atomic E-state index is 0.895. The molecule has 1 aromatic carbocycles. The first-order valence-electron chi connectivity index (χ1n) is 7.63. The van der Waals surface area contributed by atoms with Crippen LogP contribution < -0.4 is 5.32 Å². The van der Waals surface area contributed by atoms with E-state index in [1.165, 1.54) is 16.8 Å². The van der Waals surface area contributed by atoms with Gasteiger partial charge < -0.3 is 5.32 Å². The molecule has 2 rings (SSSR count). The second-order valence-electron chi connectivity index (χ2n) is 5.37. The van der Waals surface area contributed by atoms with Gasteiger partial charge in [0, 0.05) is 16.7 Å². The van der Waals surface area contributed by atoms with Crippen LogP contribution >= 0.6 is 15.9 Å². The van der Waals surface area contributed by atoms with Gasteiger partial charge in [-0.15, -0.1) is 0 Å². The van der Waals surface area contributed by atoms with E-state index in [1.807, 2.05) is 4.68 Å². The van der Waals surface area contributed by atoms with Crippen molar-refractivity contribution in [3.63, 3.8) is 0 Å². The van der Waals surface area contributed by atoms with Gasteiger partial charge in [0.05, 0.1) is 11.4 Å². The Bertz CT molecular complexity index is 617. The predicted molar refractivity (Wildman–Crippen MR) is 92.1 cm³/mol. The van der Waals surface area contributed by atoms with E-state index < -0.39 is 0 Å². The zero-order chi connectivity index (χ0) is 15.4. The van der Waals surface area contributed by atoms with E-state index in [1.54, 1.807) is 0 Å². The Labute approximate surface area is 135 Å². The second kappa shape index (κ2) is 7.23. The Morgan fingerprint density at radius 1 is 1.24 bits per heavy atom. The van der Waals surface area contributed by atoms with Crippen molar-refractivity contribution >= 4 is 15.9 Å². The van der Waals surface area contributed by atoms with E-state index >= 15 is 0 Å². The quantitative estimate of drug-likeness (QED) is 0.787. The van der Waals surface area contributed by atoms with Gasteiger partial charge in [0.25, 0.3) is 0 Å². The highest BCUT2D eigenvalue weighted by atomic mass is 79.9. The molecule has 0 aliphatic heterocycles. The Balaban J connectivity index is 2.28. The summed E-state index contributed by atoms with van der Waals surface area (Å²) in [6.07, 6.45) is 2.18. The molecule has 0 spiro atoms. The van der Waals surface area contributed by atoms with E-state index in [0.717, 1.165) is 41.8 Å². The van der Waals surface area contributed by atoms with E-state index in [9.17, 15) is 0 Å². The lowest BCUT2D eigenvalue weighted by Crippen LogP contribution is -2.14. The maximum Gasteiger partial charge on any atom is 0.0660 e. The zero-order valence-corrected chi connectivity index (χ0v) is 14.9. The molecule has 0 bridgehead atoms. The fraction of sp³-hybridized carbons (Fsp3) is 0.471. The van der Waals surface area contributed by atoms with Gasteiger partial charge in [-0.1, -0.05) is 35.8 Å². The van der Waals surface area contributed by atoms with Crippen LogP contribution in [0.15, 0.2) is 22.7 Å². The van der Waals surface area contributed by atoms with Crippen LogP contribution in [0.4, 0.5) is 0 Å². The monoisotopic (exact) mass is 349 g/mol. The minimum Gasteiger partial charge on any atom is -0.313 e. The highest BCUT2D eigenvalue weighted by Crippen LogP contribution is 2.23. The summed E-state index contributed by atoms with van der Waals surface area (Å²) in [5.41, 5.74) is 6.10. The van der Waals surface area contributed by atoms with Crippen molar-refractivity contribution in [3.8, 4) is 5.69 Å². The smallest absolute Gasteiger partial charge is 0.0660 e. The van der Waals surface area contributed by atoms with Gasteiger partial charge in [0.2, 0.25) is 0 Å². The Morgan fingerprint density at radius 3 is 2.57 bits per heavy atom. The van der Waals surface area contributed by atoms with Crippen LogP contribution in [-0.2, 0) is 13.0 Å². The van der Waals surface area contributed by atoms with Crippen LogP contribution in [0.3, 0.4) is 0 Å². The van der Waals surface area contributed by atoms with Crippen molar-refractivity contribution in [2.75, 3.05) is 6.54 Å². The average Bonchev–Trinajstić information content (AvgIpc) is 2.75. The van der Waals surface area contributed by atoms with Gasteiger partial charge in [0.15, 0.2) is 0 Å². The molecule has 0 fully saturated rings. The van der Waals surface area contributed by atoms with Gasteiger partial charge in [0.1, 0.15) is 0 Å². The molecule has 0 aliphatic carbocycles. The molecule has 3 nitrogen and oxygen atoms in total. The summed E-state index contributed by atoms with van der Waals surface area (Å²) in [7, 11) is 0. The largest absolute Gasteiger partial charge is 0.313 e. The third-order valence-electron chi connectivity index (χ3n) is 3.82. The van der Waals surface area contributed by atoms with Crippen molar-refractivity contribution in [2.24, 2.45) is 0 Å². The van der Waals surface area contributed by atoms with Crippen LogP contribution in [0.25, 0.3) is 5.69 Å². The van der Waals surface area contributed by atoms with E-state index in [0.29, 0.717) is 0 Å². The Morgan fingerprint density at radius 2 is 2.00 bits per heavy atom. The van der Waals surface area contributed by atoms with Crippen LogP contribution in [0.2, 0.25) is 0 Å². The molecule has 1 N–H and O–H groups in total. The predicted octanol–water partition coefficient (Wildman–Crippen LogP) is 4.31. The van der Waals surface area contributed by atoms with E-state index in [-0.39, 0.29) is 0 Å². The van der Waals surface area contributed by atoms with Crippen molar-refractivity contribution in [3.05, 3.63) is 45.2 Å². The summed E-state index contributed by atoms with van der Waals surface area (Å²) in [6, 6.07) is 6.47. The summed E-state index contributed by atoms with van der Waals surface area (Å²) < 4.78 is 3.18. The number of nitrogens with one attached hydrogen (secondary N) is 1. The van der Waals surface area contributed by atoms with Crippen molar-refractivity contribution in [2.45, 2.75) is 47.1 Å². The Hall–Kier alpha value is -1.13. The molecule has 21 heavy (non-hydrogen) atoms. The minimum absolute atomic E-state index is 0.895. The van der Waals surface area contributed by atoms with Crippen LogP contribution in [0.1, 0.15) is 42.8 Å². The lowest BCUT2D eigenvalue weighted by molar-refractivity contribution is 0.673. The Kier molecular flexibility index (Phi) is 5.59. The van der Waals surface area contributed by atoms with Crippen LogP contribution in [0.5, 0.6) is 0 Å². The number of aromatic nitrogens is 2. The van der Waals surface area contributed by atoms with Crippen molar-refractivity contribution < 1.29 is 0 Å². The average molecular weight is 350 g/mol. The number of halogens is 1. The number of hydrogen-bond donors (Lipinski definition) is 1. The molecule has 2 aromatic rings. The fourth-order valence-corrected chi connectivity index (χ4v) is 3.16. The highest BCUT2D eigenvalue weighted by molar-refractivity contribution is 9.10. The standard InChI is InChI=1S/C17H24BrN3/c1-5-9-19-11-14-7-8-15(10-17(14)18)21-13(4)16(6-2)12(3)20-21/h7-8,10,19H,5-6,9,11H2,1-4H3. The second-order valence-corrected chi connectivity index (χ2v) is 6.22. The van der Waals surface area contributed by atoms with E-state index in [2.05, 4.69) is 72.2 Å². The number of benzene rings is 1. The van der Waals surface area contributed by atoms with Gasteiger partial charge in [-0.2, -0.15) is 5.10 Å². The molecule has 4 heteroatoms. The first kappa shape index (κ1) is 16.2. The normalized spacial score (nSPS) is 11.1. The van der Waals surface area contributed by atoms with Crippen molar-refractivity contribution in [1.82, 2.24) is 15.1 Å². The number of hydrogen-bond acceptors (Lipinski definition) is 2. The van der Waals surface area contributed by atoms with Gasteiger partial charge in [-0.05, 0) is 56.5 Å². The molecule has 0 saturated heterocycles. The lowest BCUT2D eigenvalue weighted by Gasteiger charge is -2.10. The maximum atomic E-state index is 4.68. The summed E-state index contributed by atoms with van der Waals surface area (Å²) in [4.78, 5) is 0. The number of aryl methyl sites for hydroxylation is 1.